The average Bonchev–Trinajstić information content (AvgIpc) is 2.94. The third-order valence-electron chi connectivity index (χ3n) is 3.96. The second-order valence-electron chi connectivity index (χ2n) is 5.35. The van der Waals surface area contributed by atoms with Crippen molar-refractivity contribution in [1.82, 2.24) is 15.2 Å². The van der Waals surface area contributed by atoms with Gasteiger partial charge in [-0.2, -0.15) is 0 Å². The standard InChI is InChI=1S/C16H21N3O/c1-12-10-18-16(20-12)13(2)19-9-8-17-11-15(19)14-6-4-3-5-7-14/h3-7,10,13,15,17H,8-9,11H2,1-2H3. The fourth-order valence-electron chi connectivity index (χ4n) is 2.88. The zero-order chi connectivity index (χ0) is 13.9. The van der Waals surface area contributed by atoms with Crippen LogP contribution < -0.4 is 5.32 Å². The van der Waals surface area contributed by atoms with Crippen molar-refractivity contribution in [3.8, 4) is 0 Å². The predicted molar refractivity (Wildman–Crippen MR) is 78.4 cm³/mol. The van der Waals surface area contributed by atoms with Gasteiger partial charge in [0.2, 0.25) is 5.89 Å². The van der Waals surface area contributed by atoms with Crippen LogP contribution in [0, 0.1) is 6.92 Å². The molecule has 1 aliphatic heterocycles. The van der Waals surface area contributed by atoms with E-state index in [0.29, 0.717) is 6.04 Å². The number of hydrogen-bond donors (Lipinski definition) is 1. The first-order valence-corrected chi connectivity index (χ1v) is 7.19. The molecule has 1 aliphatic rings. The molecule has 1 fully saturated rings. The minimum Gasteiger partial charge on any atom is -0.444 e. The first kappa shape index (κ1) is 13.3. The third kappa shape index (κ3) is 2.62. The Kier molecular flexibility index (Phi) is 3.85. The number of aromatic nitrogens is 1. The van der Waals surface area contributed by atoms with Gasteiger partial charge < -0.3 is 9.73 Å². The summed E-state index contributed by atoms with van der Waals surface area (Å²) >= 11 is 0. The van der Waals surface area contributed by atoms with Gasteiger partial charge in [-0.3, -0.25) is 4.90 Å². The smallest absolute Gasteiger partial charge is 0.211 e. The number of hydrogen-bond acceptors (Lipinski definition) is 4. The van der Waals surface area contributed by atoms with E-state index >= 15 is 0 Å². The second-order valence-corrected chi connectivity index (χ2v) is 5.35. The molecule has 20 heavy (non-hydrogen) atoms. The van der Waals surface area contributed by atoms with Crippen molar-refractivity contribution in [3.05, 3.63) is 53.7 Å². The Bertz CT molecular complexity index is 552. The Morgan fingerprint density at radius 2 is 2.15 bits per heavy atom. The van der Waals surface area contributed by atoms with Gasteiger partial charge in [0.25, 0.3) is 0 Å². The van der Waals surface area contributed by atoms with Crippen molar-refractivity contribution in [2.24, 2.45) is 0 Å². The first-order valence-electron chi connectivity index (χ1n) is 7.19. The highest BCUT2D eigenvalue weighted by atomic mass is 16.4. The molecule has 1 aromatic heterocycles. The number of aryl methyl sites for hydroxylation is 1. The maximum Gasteiger partial charge on any atom is 0.211 e. The van der Waals surface area contributed by atoms with E-state index in [-0.39, 0.29) is 6.04 Å². The van der Waals surface area contributed by atoms with Crippen LogP contribution in [0.4, 0.5) is 0 Å². The summed E-state index contributed by atoms with van der Waals surface area (Å²) in [7, 11) is 0. The van der Waals surface area contributed by atoms with Crippen molar-refractivity contribution in [2.45, 2.75) is 25.9 Å². The number of nitrogens with zero attached hydrogens (tertiary/aromatic N) is 2. The summed E-state index contributed by atoms with van der Waals surface area (Å²) in [5.74, 6) is 1.68. The Morgan fingerprint density at radius 1 is 1.35 bits per heavy atom. The normalized spacial score (nSPS) is 21.8. The van der Waals surface area contributed by atoms with E-state index < -0.39 is 0 Å². The molecule has 2 atom stereocenters. The van der Waals surface area contributed by atoms with Crippen LogP contribution in [-0.4, -0.2) is 29.5 Å². The minimum atomic E-state index is 0.191. The molecule has 0 spiro atoms. The predicted octanol–water partition coefficient (Wildman–Crippen LogP) is 2.69. The molecule has 4 nitrogen and oxygen atoms in total. The summed E-state index contributed by atoms with van der Waals surface area (Å²) in [6.07, 6.45) is 1.80. The van der Waals surface area contributed by atoms with Gasteiger partial charge in [0.05, 0.1) is 12.2 Å². The van der Waals surface area contributed by atoms with E-state index in [1.54, 1.807) is 6.20 Å². The molecular formula is C16H21N3O. The molecule has 106 valence electrons. The molecule has 1 saturated heterocycles. The van der Waals surface area contributed by atoms with Gasteiger partial charge in [0.15, 0.2) is 0 Å². The lowest BCUT2D eigenvalue weighted by molar-refractivity contribution is 0.0983. The highest BCUT2D eigenvalue weighted by Gasteiger charge is 2.30. The van der Waals surface area contributed by atoms with Crippen LogP contribution in [0.5, 0.6) is 0 Å². The van der Waals surface area contributed by atoms with Crippen LogP contribution in [0.15, 0.2) is 40.9 Å². The summed E-state index contributed by atoms with van der Waals surface area (Å²) < 4.78 is 5.71. The highest BCUT2D eigenvalue weighted by Crippen LogP contribution is 2.31. The van der Waals surface area contributed by atoms with Crippen molar-refractivity contribution < 1.29 is 4.42 Å². The topological polar surface area (TPSA) is 41.3 Å². The van der Waals surface area contributed by atoms with E-state index in [0.717, 1.165) is 31.3 Å². The van der Waals surface area contributed by atoms with E-state index in [1.165, 1.54) is 5.56 Å². The summed E-state index contributed by atoms with van der Waals surface area (Å²) in [5, 5.41) is 3.48. The molecule has 0 aliphatic carbocycles. The molecule has 0 bridgehead atoms. The van der Waals surface area contributed by atoms with E-state index in [1.807, 2.05) is 6.92 Å². The molecule has 2 unspecified atom stereocenters. The molecule has 1 N–H and O–H groups in total. The molecule has 3 rings (SSSR count). The van der Waals surface area contributed by atoms with Crippen LogP contribution in [0.1, 0.15) is 36.2 Å². The quantitative estimate of drug-likeness (QED) is 0.932. The van der Waals surface area contributed by atoms with Gasteiger partial charge in [-0.1, -0.05) is 30.3 Å². The van der Waals surface area contributed by atoms with Crippen molar-refractivity contribution >= 4 is 0 Å². The summed E-state index contributed by atoms with van der Waals surface area (Å²) in [6, 6.07) is 11.2. The zero-order valence-corrected chi connectivity index (χ0v) is 12.0. The average molecular weight is 271 g/mol. The molecule has 1 aromatic carbocycles. The molecule has 0 saturated carbocycles. The van der Waals surface area contributed by atoms with E-state index in [4.69, 9.17) is 4.42 Å². The largest absolute Gasteiger partial charge is 0.444 e. The summed E-state index contributed by atoms with van der Waals surface area (Å²) in [6.45, 7) is 7.09. The second kappa shape index (κ2) is 5.77. The van der Waals surface area contributed by atoms with Crippen molar-refractivity contribution in [2.75, 3.05) is 19.6 Å². The van der Waals surface area contributed by atoms with Crippen LogP contribution >= 0.6 is 0 Å². The Morgan fingerprint density at radius 3 is 2.85 bits per heavy atom. The Labute approximate surface area is 119 Å². The minimum absolute atomic E-state index is 0.191. The van der Waals surface area contributed by atoms with Gasteiger partial charge in [-0.25, -0.2) is 4.98 Å². The van der Waals surface area contributed by atoms with Crippen molar-refractivity contribution in [3.63, 3.8) is 0 Å². The van der Waals surface area contributed by atoms with Gasteiger partial charge in [0, 0.05) is 25.7 Å². The van der Waals surface area contributed by atoms with E-state index in [2.05, 4.69) is 52.5 Å². The number of rotatable bonds is 3. The van der Waals surface area contributed by atoms with Crippen molar-refractivity contribution in [1.29, 1.82) is 0 Å². The molecule has 2 heterocycles. The fraction of sp³-hybridized carbons (Fsp3) is 0.438. The lowest BCUT2D eigenvalue weighted by atomic mass is 10.0. The maximum absolute atomic E-state index is 5.71. The van der Waals surface area contributed by atoms with Crippen LogP contribution in [-0.2, 0) is 0 Å². The molecule has 0 radical (unpaired) electrons. The van der Waals surface area contributed by atoms with Gasteiger partial charge in [-0.05, 0) is 19.4 Å². The third-order valence-corrected chi connectivity index (χ3v) is 3.96. The molecule has 0 amide bonds. The SMILES string of the molecule is Cc1cnc(C(C)N2CCNCC2c2ccccc2)o1. The van der Waals surface area contributed by atoms with Crippen LogP contribution in [0.2, 0.25) is 0 Å². The Balaban J connectivity index is 1.85. The first-order chi connectivity index (χ1) is 9.75. The lowest BCUT2D eigenvalue weighted by Gasteiger charge is -2.39. The monoisotopic (exact) mass is 271 g/mol. The summed E-state index contributed by atoms with van der Waals surface area (Å²) in [4.78, 5) is 6.86. The number of oxazole rings is 1. The fourth-order valence-corrected chi connectivity index (χ4v) is 2.88. The van der Waals surface area contributed by atoms with Crippen LogP contribution in [0.3, 0.4) is 0 Å². The summed E-state index contributed by atoms with van der Waals surface area (Å²) in [5.41, 5.74) is 1.34. The van der Waals surface area contributed by atoms with Crippen LogP contribution in [0.25, 0.3) is 0 Å². The molecular weight excluding hydrogens is 250 g/mol. The van der Waals surface area contributed by atoms with E-state index in [9.17, 15) is 0 Å². The number of piperazine rings is 1. The van der Waals surface area contributed by atoms with Gasteiger partial charge >= 0.3 is 0 Å². The zero-order valence-electron chi connectivity index (χ0n) is 12.0. The van der Waals surface area contributed by atoms with Gasteiger partial charge in [-0.15, -0.1) is 0 Å². The molecule has 4 heteroatoms. The molecule has 2 aromatic rings. The lowest BCUT2D eigenvalue weighted by Crippen LogP contribution is -2.46. The number of nitrogens with one attached hydrogen (secondary N) is 1. The Hall–Kier alpha value is -1.65. The maximum atomic E-state index is 5.71. The highest BCUT2D eigenvalue weighted by molar-refractivity contribution is 5.20. The van der Waals surface area contributed by atoms with Gasteiger partial charge in [0.1, 0.15) is 5.76 Å². The number of benzene rings is 1.